The number of phenolic OH excluding ortho intramolecular Hbond substituents is 1. The number of rotatable bonds is 7. The highest BCUT2D eigenvalue weighted by Gasteiger charge is 2.37. The summed E-state index contributed by atoms with van der Waals surface area (Å²) in [5.74, 6) is 1.03. The van der Waals surface area contributed by atoms with Crippen molar-refractivity contribution in [2.24, 2.45) is 5.92 Å². The molecule has 1 heterocycles. The maximum Gasteiger partial charge on any atom is 0.182 e. The van der Waals surface area contributed by atoms with Crippen LogP contribution in [0.4, 0.5) is 0 Å². The van der Waals surface area contributed by atoms with Crippen molar-refractivity contribution in [1.82, 2.24) is 4.90 Å². The highest BCUT2D eigenvalue weighted by atomic mass is 79.9. The van der Waals surface area contributed by atoms with Crippen LogP contribution in [0.3, 0.4) is 0 Å². The van der Waals surface area contributed by atoms with Gasteiger partial charge in [-0.2, -0.15) is 0 Å². The Morgan fingerprint density at radius 2 is 1.57 bits per heavy atom. The lowest BCUT2D eigenvalue weighted by atomic mass is 9.78. The fourth-order valence-corrected chi connectivity index (χ4v) is 5.08. The van der Waals surface area contributed by atoms with E-state index < -0.39 is 0 Å². The topological polar surface area (TPSA) is 64.4 Å². The predicted molar refractivity (Wildman–Crippen MR) is 152 cm³/mol. The van der Waals surface area contributed by atoms with Gasteiger partial charge in [0.25, 0.3) is 0 Å². The third-order valence-corrected chi connectivity index (χ3v) is 7.00. The lowest BCUT2D eigenvalue weighted by Gasteiger charge is -2.29. The van der Waals surface area contributed by atoms with E-state index >= 15 is 0 Å². The summed E-state index contributed by atoms with van der Waals surface area (Å²) < 4.78 is 0. The van der Waals surface area contributed by atoms with E-state index in [1.54, 1.807) is 0 Å². The number of Topliss-reactive ketones (excluding diaryl/α,β-unsaturated/α-hetero) is 1. The zero-order valence-corrected chi connectivity index (χ0v) is 24.2. The van der Waals surface area contributed by atoms with Gasteiger partial charge in [0, 0.05) is 28.7 Å². The number of likely N-dealkylation sites (tertiary alicyclic amines) is 1. The van der Waals surface area contributed by atoms with Crippen LogP contribution in [0, 0.1) is 11.3 Å². The molecule has 0 bridgehead atoms. The Bertz CT molecular complexity index is 1000. The van der Waals surface area contributed by atoms with Crippen LogP contribution < -0.4 is 0 Å². The second-order valence-electron chi connectivity index (χ2n) is 11.9. The van der Waals surface area contributed by atoms with Crippen molar-refractivity contribution < 1.29 is 9.90 Å². The summed E-state index contributed by atoms with van der Waals surface area (Å²) in [4.78, 5) is 15.7. The number of nitrogens with one attached hydrogen (secondary N) is 1. The van der Waals surface area contributed by atoms with E-state index in [0.29, 0.717) is 11.4 Å². The van der Waals surface area contributed by atoms with Gasteiger partial charge in [0.1, 0.15) is 5.75 Å². The van der Waals surface area contributed by atoms with Crippen molar-refractivity contribution in [3.8, 4) is 5.75 Å². The molecule has 192 valence electrons. The van der Waals surface area contributed by atoms with Crippen molar-refractivity contribution >= 4 is 28.6 Å². The molecule has 2 aromatic rings. The molecule has 0 radical (unpaired) electrons. The van der Waals surface area contributed by atoms with Gasteiger partial charge >= 0.3 is 0 Å². The van der Waals surface area contributed by atoms with Crippen LogP contribution in [0.1, 0.15) is 94.8 Å². The van der Waals surface area contributed by atoms with Crippen LogP contribution >= 0.6 is 17.0 Å². The molecule has 0 unspecified atom stereocenters. The van der Waals surface area contributed by atoms with Crippen LogP contribution in [0.15, 0.2) is 42.5 Å². The lowest BCUT2D eigenvalue weighted by Crippen LogP contribution is -2.38. The molecule has 0 saturated carbocycles. The minimum absolute atomic E-state index is 0. The Morgan fingerprint density at radius 3 is 2.06 bits per heavy atom. The molecule has 2 atom stereocenters. The summed E-state index contributed by atoms with van der Waals surface area (Å²) in [6.07, 6.45) is 3.77. The number of carbonyl (C=O) groups excluding carboxylic acids is 1. The van der Waals surface area contributed by atoms with E-state index in [1.807, 2.05) is 35.2 Å². The predicted octanol–water partition coefficient (Wildman–Crippen LogP) is 7.46. The molecule has 35 heavy (non-hydrogen) atoms. The van der Waals surface area contributed by atoms with E-state index in [2.05, 4.69) is 60.6 Å². The molecule has 0 spiro atoms. The van der Waals surface area contributed by atoms with Crippen LogP contribution in [0.2, 0.25) is 0 Å². The molecule has 1 aliphatic heterocycles. The van der Waals surface area contributed by atoms with Crippen LogP contribution in [-0.4, -0.2) is 34.2 Å². The van der Waals surface area contributed by atoms with E-state index in [0.717, 1.165) is 36.8 Å². The number of halogens is 1. The van der Waals surface area contributed by atoms with Crippen molar-refractivity contribution in [1.29, 1.82) is 5.41 Å². The molecule has 1 fully saturated rings. The summed E-state index contributed by atoms with van der Waals surface area (Å²) in [5, 5.41) is 20.0. The first-order valence-electron chi connectivity index (χ1n) is 12.6. The van der Waals surface area contributed by atoms with Crippen molar-refractivity contribution in [3.63, 3.8) is 0 Å². The van der Waals surface area contributed by atoms with E-state index in [-0.39, 0.29) is 57.8 Å². The van der Waals surface area contributed by atoms with Gasteiger partial charge in [-0.3, -0.25) is 10.2 Å². The molecule has 0 amide bonds. The number of benzene rings is 2. The number of aromatic hydroxyl groups is 1. The van der Waals surface area contributed by atoms with Gasteiger partial charge in [0.05, 0.1) is 12.4 Å². The monoisotopic (exact) mass is 542 g/mol. The fourth-order valence-electron chi connectivity index (χ4n) is 5.08. The Kier molecular flexibility index (Phi) is 9.38. The van der Waals surface area contributed by atoms with Crippen molar-refractivity contribution in [2.45, 2.75) is 91.0 Å². The standard InChI is InChI=1S/C30H42N2O2.BrH/c1-8-12-23-16-22(15-20-13-10-9-11-14-20)28(31)32(23)19-26(33)21-17-24(29(2,3)4)27(34)25(18-21)30(5,6)7;/h9-11,13-14,17-18,22-23,31,34H,8,12,15-16,19H2,1-7H3;1H/t22-,23-;/m0./s1. The summed E-state index contributed by atoms with van der Waals surface area (Å²) in [5.41, 5.74) is 2.89. The zero-order valence-electron chi connectivity index (χ0n) is 22.4. The smallest absolute Gasteiger partial charge is 0.182 e. The third kappa shape index (κ3) is 6.75. The van der Waals surface area contributed by atoms with Crippen LogP contribution in [0.5, 0.6) is 5.75 Å². The van der Waals surface area contributed by atoms with E-state index in [1.165, 1.54) is 5.56 Å². The first-order chi connectivity index (χ1) is 15.8. The second kappa shape index (κ2) is 11.3. The number of phenols is 1. The van der Waals surface area contributed by atoms with E-state index in [9.17, 15) is 9.90 Å². The maximum absolute atomic E-state index is 13.6. The van der Waals surface area contributed by atoms with Gasteiger partial charge < -0.3 is 10.0 Å². The molecule has 0 aromatic heterocycles. The highest BCUT2D eigenvalue weighted by Crippen LogP contribution is 2.40. The van der Waals surface area contributed by atoms with Gasteiger partial charge in [-0.25, -0.2) is 0 Å². The summed E-state index contributed by atoms with van der Waals surface area (Å²) in [6, 6.07) is 14.3. The zero-order chi connectivity index (χ0) is 25.3. The number of hydrogen-bond donors (Lipinski definition) is 2. The first kappa shape index (κ1) is 29.1. The molecule has 2 N–H and O–H groups in total. The van der Waals surface area contributed by atoms with Gasteiger partial charge in [-0.05, 0) is 47.8 Å². The van der Waals surface area contributed by atoms with Crippen LogP contribution in [-0.2, 0) is 17.3 Å². The first-order valence-corrected chi connectivity index (χ1v) is 12.6. The minimum Gasteiger partial charge on any atom is -0.507 e. The summed E-state index contributed by atoms with van der Waals surface area (Å²) in [6.45, 7) is 14.7. The maximum atomic E-state index is 13.6. The van der Waals surface area contributed by atoms with Gasteiger partial charge in [-0.1, -0.05) is 85.2 Å². The molecule has 3 rings (SSSR count). The average molecular weight is 544 g/mol. The molecule has 1 aliphatic rings. The Morgan fingerprint density at radius 1 is 1.03 bits per heavy atom. The minimum atomic E-state index is -0.285. The fraction of sp³-hybridized carbons (Fsp3) is 0.533. The van der Waals surface area contributed by atoms with Gasteiger partial charge in [-0.15, -0.1) is 17.0 Å². The summed E-state index contributed by atoms with van der Waals surface area (Å²) in [7, 11) is 0. The lowest BCUT2D eigenvalue weighted by molar-refractivity contribution is 0.0950. The molecular weight excluding hydrogens is 500 g/mol. The van der Waals surface area contributed by atoms with Crippen molar-refractivity contribution in [3.05, 3.63) is 64.7 Å². The van der Waals surface area contributed by atoms with Gasteiger partial charge in [0.2, 0.25) is 0 Å². The third-order valence-electron chi connectivity index (χ3n) is 7.00. The number of ketones is 1. The Balaban J connectivity index is 0.00000432. The summed E-state index contributed by atoms with van der Waals surface area (Å²) >= 11 is 0. The Labute approximate surface area is 222 Å². The molecule has 0 aliphatic carbocycles. The molecular formula is C30H43BrN2O2. The number of nitrogens with zero attached hydrogens (tertiary/aromatic N) is 1. The van der Waals surface area contributed by atoms with E-state index in [4.69, 9.17) is 5.41 Å². The normalized spacial score (nSPS) is 18.5. The number of hydrogen-bond acceptors (Lipinski definition) is 3. The molecule has 4 nitrogen and oxygen atoms in total. The van der Waals surface area contributed by atoms with Gasteiger partial charge in [0.15, 0.2) is 5.78 Å². The SMILES string of the molecule is Br.CCC[C@H]1C[C@H](Cc2ccccc2)C(=N)N1CC(=O)c1cc(C(C)(C)C)c(O)c(C(C)(C)C)c1. The Hall–Kier alpha value is -2.14. The second-order valence-corrected chi connectivity index (χ2v) is 11.9. The average Bonchev–Trinajstić information content (AvgIpc) is 3.02. The number of carbonyl (C=O) groups is 1. The largest absolute Gasteiger partial charge is 0.507 e. The molecule has 5 heteroatoms. The number of amidine groups is 1. The highest BCUT2D eigenvalue weighted by molar-refractivity contribution is 8.93. The molecule has 2 aromatic carbocycles. The van der Waals surface area contributed by atoms with Crippen molar-refractivity contribution in [2.75, 3.05) is 6.54 Å². The quantitative estimate of drug-likeness (QED) is 0.357. The molecule has 1 saturated heterocycles. The van der Waals surface area contributed by atoms with Crippen LogP contribution in [0.25, 0.3) is 0 Å².